The summed E-state index contributed by atoms with van der Waals surface area (Å²) in [5.74, 6) is -1.01. The normalized spacial score (nSPS) is 20.7. The zero-order valence-corrected chi connectivity index (χ0v) is 13.6. The standard InChI is InChI=1S/C16H17ClN2O2S/c17-14-6-5-13(22-14)15(11-3-1-7-18-9-11)19-8-2-4-12(10-19)16(20)21/h1,3,5-7,9,12,15H,2,4,8,10H2,(H,20,21). The van der Waals surface area contributed by atoms with E-state index in [0.29, 0.717) is 6.54 Å². The summed E-state index contributed by atoms with van der Waals surface area (Å²) < 4.78 is 0.746. The van der Waals surface area contributed by atoms with Gasteiger partial charge in [-0.05, 0) is 43.1 Å². The van der Waals surface area contributed by atoms with Gasteiger partial charge in [-0.2, -0.15) is 0 Å². The van der Waals surface area contributed by atoms with Gasteiger partial charge in [0, 0.05) is 23.8 Å². The van der Waals surface area contributed by atoms with Crippen LogP contribution in [0.25, 0.3) is 0 Å². The minimum Gasteiger partial charge on any atom is -0.481 e. The molecule has 0 bridgehead atoms. The molecule has 2 unspecified atom stereocenters. The van der Waals surface area contributed by atoms with Gasteiger partial charge in [0.05, 0.1) is 16.3 Å². The summed E-state index contributed by atoms with van der Waals surface area (Å²) in [7, 11) is 0. The number of pyridine rings is 1. The minimum atomic E-state index is -0.709. The van der Waals surface area contributed by atoms with Gasteiger partial charge in [0.1, 0.15) is 0 Å². The van der Waals surface area contributed by atoms with Crippen LogP contribution in [0.1, 0.15) is 29.3 Å². The van der Waals surface area contributed by atoms with E-state index in [2.05, 4.69) is 9.88 Å². The average Bonchev–Trinajstić information content (AvgIpc) is 2.95. The molecular formula is C16H17ClN2O2S. The molecule has 22 heavy (non-hydrogen) atoms. The summed E-state index contributed by atoms with van der Waals surface area (Å²) in [6.45, 7) is 1.45. The van der Waals surface area contributed by atoms with Gasteiger partial charge in [-0.3, -0.25) is 14.7 Å². The lowest BCUT2D eigenvalue weighted by Crippen LogP contribution is -2.41. The molecular weight excluding hydrogens is 320 g/mol. The number of carboxylic acid groups (broad SMARTS) is 1. The summed E-state index contributed by atoms with van der Waals surface area (Å²) in [6, 6.07) is 7.89. The molecule has 0 aliphatic carbocycles. The third-order valence-corrected chi connectivity index (χ3v) is 5.31. The molecule has 0 spiro atoms. The molecule has 3 heterocycles. The Labute approximate surface area is 138 Å². The number of nitrogens with zero attached hydrogens (tertiary/aromatic N) is 2. The van der Waals surface area contributed by atoms with E-state index >= 15 is 0 Å². The zero-order chi connectivity index (χ0) is 15.5. The molecule has 0 amide bonds. The number of thiophene rings is 1. The first-order valence-corrected chi connectivity index (χ1v) is 8.46. The SMILES string of the molecule is O=C(O)C1CCCN(C(c2cccnc2)c2ccc(Cl)s2)C1. The number of carbonyl (C=O) groups is 1. The Morgan fingerprint density at radius 2 is 2.32 bits per heavy atom. The average molecular weight is 337 g/mol. The van der Waals surface area contributed by atoms with Crippen LogP contribution < -0.4 is 0 Å². The number of aliphatic carboxylic acids is 1. The Balaban J connectivity index is 1.93. The maximum Gasteiger partial charge on any atom is 0.307 e. The van der Waals surface area contributed by atoms with Gasteiger partial charge in [-0.15, -0.1) is 11.3 Å². The van der Waals surface area contributed by atoms with Gasteiger partial charge in [-0.25, -0.2) is 0 Å². The minimum absolute atomic E-state index is 0.0216. The highest BCUT2D eigenvalue weighted by atomic mass is 35.5. The van der Waals surface area contributed by atoms with Gasteiger partial charge in [0.15, 0.2) is 0 Å². The molecule has 0 radical (unpaired) electrons. The third-order valence-electron chi connectivity index (χ3n) is 4.03. The highest BCUT2D eigenvalue weighted by Crippen LogP contribution is 2.37. The maximum absolute atomic E-state index is 11.3. The summed E-state index contributed by atoms with van der Waals surface area (Å²) in [4.78, 5) is 18.9. The van der Waals surface area contributed by atoms with E-state index in [1.54, 1.807) is 17.5 Å². The first kappa shape index (κ1) is 15.5. The Morgan fingerprint density at radius 1 is 1.45 bits per heavy atom. The van der Waals surface area contributed by atoms with Crippen LogP contribution in [0.5, 0.6) is 0 Å². The Kier molecular flexibility index (Phi) is 4.76. The van der Waals surface area contributed by atoms with Gasteiger partial charge in [0.2, 0.25) is 0 Å². The van der Waals surface area contributed by atoms with Gasteiger partial charge < -0.3 is 5.11 Å². The Bertz CT molecular complexity index is 647. The number of piperidine rings is 1. The molecule has 2 atom stereocenters. The third kappa shape index (κ3) is 3.32. The lowest BCUT2D eigenvalue weighted by molar-refractivity contribution is -0.143. The summed E-state index contributed by atoms with van der Waals surface area (Å²) >= 11 is 7.64. The molecule has 2 aromatic heterocycles. The molecule has 0 saturated carbocycles. The first-order chi connectivity index (χ1) is 10.6. The van der Waals surface area contributed by atoms with Crippen molar-refractivity contribution in [2.75, 3.05) is 13.1 Å². The van der Waals surface area contributed by atoms with E-state index in [9.17, 15) is 9.90 Å². The summed E-state index contributed by atoms with van der Waals surface area (Å²) in [6.07, 6.45) is 5.24. The predicted molar refractivity (Wildman–Crippen MR) is 87.3 cm³/mol. The van der Waals surface area contributed by atoms with Crippen molar-refractivity contribution in [2.45, 2.75) is 18.9 Å². The maximum atomic E-state index is 11.3. The summed E-state index contributed by atoms with van der Waals surface area (Å²) in [5, 5.41) is 9.33. The van der Waals surface area contributed by atoms with Crippen molar-refractivity contribution in [3.8, 4) is 0 Å². The van der Waals surface area contributed by atoms with Crippen LogP contribution >= 0.6 is 22.9 Å². The van der Waals surface area contributed by atoms with Crippen LogP contribution in [-0.2, 0) is 4.79 Å². The van der Waals surface area contributed by atoms with Crippen LogP contribution in [0.15, 0.2) is 36.7 Å². The fraction of sp³-hybridized carbons (Fsp3) is 0.375. The van der Waals surface area contributed by atoms with E-state index in [4.69, 9.17) is 11.6 Å². The van der Waals surface area contributed by atoms with Crippen LogP contribution in [0, 0.1) is 5.92 Å². The smallest absolute Gasteiger partial charge is 0.307 e. The topological polar surface area (TPSA) is 53.4 Å². The van der Waals surface area contributed by atoms with Crippen molar-refractivity contribution < 1.29 is 9.90 Å². The van der Waals surface area contributed by atoms with Crippen molar-refractivity contribution in [2.24, 2.45) is 5.92 Å². The number of rotatable bonds is 4. The molecule has 2 aromatic rings. The quantitative estimate of drug-likeness (QED) is 0.925. The van der Waals surface area contributed by atoms with Crippen molar-refractivity contribution in [1.29, 1.82) is 0 Å². The van der Waals surface area contributed by atoms with E-state index in [0.717, 1.165) is 34.2 Å². The lowest BCUT2D eigenvalue weighted by Gasteiger charge is -2.36. The molecule has 4 nitrogen and oxygen atoms in total. The van der Waals surface area contributed by atoms with E-state index in [1.165, 1.54) is 0 Å². The molecule has 1 N–H and O–H groups in total. The fourth-order valence-electron chi connectivity index (χ4n) is 3.01. The molecule has 1 aliphatic heterocycles. The van der Waals surface area contributed by atoms with E-state index < -0.39 is 5.97 Å². The first-order valence-electron chi connectivity index (χ1n) is 7.27. The van der Waals surface area contributed by atoms with Crippen molar-refractivity contribution in [3.05, 3.63) is 51.4 Å². The van der Waals surface area contributed by atoms with Crippen molar-refractivity contribution in [3.63, 3.8) is 0 Å². The van der Waals surface area contributed by atoms with E-state index in [1.807, 2.05) is 30.5 Å². The highest BCUT2D eigenvalue weighted by Gasteiger charge is 2.32. The second kappa shape index (κ2) is 6.77. The largest absolute Gasteiger partial charge is 0.481 e. The lowest BCUT2D eigenvalue weighted by atomic mass is 9.95. The van der Waals surface area contributed by atoms with E-state index in [-0.39, 0.29) is 12.0 Å². The van der Waals surface area contributed by atoms with Crippen LogP contribution in [0.3, 0.4) is 0 Å². The van der Waals surface area contributed by atoms with Gasteiger partial charge >= 0.3 is 5.97 Å². The second-order valence-electron chi connectivity index (χ2n) is 5.50. The monoisotopic (exact) mass is 336 g/mol. The molecule has 6 heteroatoms. The van der Waals surface area contributed by atoms with Crippen molar-refractivity contribution in [1.82, 2.24) is 9.88 Å². The molecule has 3 rings (SSSR count). The van der Waals surface area contributed by atoms with Crippen LogP contribution in [-0.4, -0.2) is 34.0 Å². The number of hydrogen-bond donors (Lipinski definition) is 1. The number of likely N-dealkylation sites (tertiary alicyclic amines) is 1. The van der Waals surface area contributed by atoms with Gasteiger partial charge in [0.25, 0.3) is 0 Å². The molecule has 1 aliphatic rings. The molecule has 1 fully saturated rings. The molecule has 116 valence electrons. The Morgan fingerprint density at radius 3 is 2.95 bits per heavy atom. The molecule has 1 saturated heterocycles. The number of aromatic nitrogens is 1. The Hall–Kier alpha value is -1.43. The second-order valence-corrected chi connectivity index (χ2v) is 7.25. The zero-order valence-electron chi connectivity index (χ0n) is 12.0. The summed E-state index contributed by atoms with van der Waals surface area (Å²) in [5.41, 5.74) is 1.08. The highest BCUT2D eigenvalue weighted by molar-refractivity contribution is 7.16. The van der Waals surface area contributed by atoms with Gasteiger partial charge in [-0.1, -0.05) is 17.7 Å². The number of hydrogen-bond acceptors (Lipinski definition) is 4. The van der Waals surface area contributed by atoms with Crippen LogP contribution in [0.4, 0.5) is 0 Å². The fourth-order valence-corrected chi connectivity index (χ4v) is 4.23. The number of halogens is 1. The predicted octanol–water partition coefficient (Wildman–Crippen LogP) is 3.68. The number of carboxylic acids is 1. The van der Waals surface area contributed by atoms with Crippen LogP contribution in [0.2, 0.25) is 4.34 Å². The van der Waals surface area contributed by atoms with Crippen molar-refractivity contribution >= 4 is 28.9 Å². The molecule has 0 aromatic carbocycles.